The Kier molecular flexibility index (Phi) is 5.11. The van der Waals surface area contributed by atoms with Gasteiger partial charge in [0.1, 0.15) is 5.75 Å². The van der Waals surface area contributed by atoms with E-state index in [0.29, 0.717) is 11.4 Å². The molecule has 0 saturated heterocycles. The number of carbonyl (C=O) groups excluding carboxylic acids is 1. The van der Waals surface area contributed by atoms with Crippen LogP contribution in [0.4, 0.5) is 18.9 Å². The Hall–Kier alpha value is -2.57. The van der Waals surface area contributed by atoms with Crippen LogP contribution < -0.4 is 10.1 Å². The molecule has 7 heteroatoms. The fourth-order valence-electron chi connectivity index (χ4n) is 2.30. The van der Waals surface area contributed by atoms with Crippen molar-refractivity contribution in [2.24, 2.45) is 0 Å². The standard InChI is InChI=1S/C17H17F3N2O2/c1-10-7-11(2)21-12(3)16(10)22-15(23)9-24-14-6-4-5-13(8-14)17(18,19)20/h4-8H,9H2,1-3H3,(H,22,23). The van der Waals surface area contributed by atoms with Gasteiger partial charge in [0.25, 0.3) is 5.91 Å². The SMILES string of the molecule is Cc1cc(C)c(NC(=O)COc2cccc(C(F)(F)F)c2)c(C)n1. The van der Waals surface area contributed by atoms with Gasteiger partial charge in [-0.1, -0.05) is 6.07 Å². The lowest BCUT2D eigenvalue weighted by molar-refractivity contribution is -0.137. The summed E-state index contributed by atoms with van der Waals surface area (Å²) in [6.07, 6.45) is -4.45. The molecule has 0 fully saturated rings. The van der Waals surface area contributed by atoms with Gasteiger partial charge in [-0.3, -0.25) is 9.78 Å². The van der Waals surface area contributed by atoms with Crippen molar-refractivity contribution < 1.29 is 22.7 Å². The second kappa shape index (κ2) is 6.90. The van der Waals surface area contributed by atoms with Crippen LogP contribution in [-0.2, 0) is 11.0 Å². The van der Waals surface area contributed by atoms with Gasteiger partial charge in [0.05, 0.1) is 16.9 Å². The Labute approximate surface area is 137 Å². The van der Waals surface area contributed by atoms with Gasteiger partial charge in [0, 0.05) is 5.69 Å². The van der Waals surface area contributed by atoms with Crippen molar-refractivity contribution in [1.82, 2.24) is 4.98 Å². The molecule has 0 aliphatic rings. The quantitative estimate of drug-likeness (QED) is 0.915. The molecule has 1 N–H and O–H groups in total. The number of anilines is 1. The zero-order chi connectivity index (χ0) is 17.9. The van der Waals surface area contributed by atoms with Crippen molar-refractivity contribution in [3.63, 3.8) is 0 Å². The first-order chi connectivity index (χ1) is 11.2. The summed E-state index contributed by atoms with van der Waals surface area (Å²) in [5, 5.41) is 2.67. The van der Waals surface area contributed by atoms with Crippen LogP contribution in [0.3, 0.4) is 0 Å². The number of hydrogen-bond acceptors (Lipinski definition) is 3. The van der Waals surface area contributed by atoms with E-state index < -0.39 is 24.3 Å². The number of alkyl halides is 3. The summed E-state index contributed by atoms with van der Waals surface area (Å²) in [5.74, 6) is -0.486. The highest BCUT2D eigenvalue weighted by molar-refractivity contribution is 5.93. The minimum absolute atomic E-state index is 0.0181. The molecule has 4 nitrogen and oxygen atoms in total. The van der Waals surface area contributed by atoms with Crippen LogP contribution in [0.15, 0.2) is 30.3 Å². The summed E-state index contributed by atoms with van der Waals surface area (Å²) >= 11 is 0. The van der Waals surface area contributed by atoms with Gasteiger partial charge in [-0.25, -0.2) is 0 Å². The van der Waals surface area contributed by atoms with Gasteiger partial charge < -0.3 is 10.1 Å². The Morgan fingerprint density at radius 3 is 2.54 bits per heavy atom. The molecule has 128 valence electrons. The molecule has 0 bridgehead atoms. The van der Waals surface area contributed by atoms with E-state index in [1.165, 1.54) is 12.1 Å². The van der Waals surface area contributed by atoms with Crippen molar-refractivity contribution >= 4 is 11.6 Å². The average molecular weight is 338 g/mol. The van der Waals surface area contributed by atoms with Gasteiger partial charge in [-0.15, -0.1) is 0 Å². The number of aromatic nitrogens is 1. The average Bonchev–Trinajstić information content (AvgIpc) is 2.48. The van der Waals surface area contributed by atoms with Crippen LogP contribution >= 0.6 is 0 Å². The maximum absolute atomic E-state index is 12.6. The highest BCUT2D eigenvalue weighted by Crippen LogP contribution is 2.31. The molecule has 2 aromatic rings. The van der Waals surface area contributed by atoms with Gasteiger partial charge in [0.15, 0.2) is 6.61 Å². The molecule has 0 unspecified atom stereocenters. The van der Waals surface area contributed by atoms with Crippen molar-refractivity contribution in [2.75, 3.05) is 11.9 Å². The van der Waals surface area contributed by atoms with E-state index in [4.69, 9.17) is 4.74 Å². The number of nitrogens with zero attached hydrogens (tertiary/aromatic N) is 1. The number of nitrogens with one attached hydrogen (secondary N) is 1. The van der Waals surface area contributed by atoms with Crippen LogP contribution in [0.1, 0.15) is 22.5 Å². The summed E-state index contributed by atoms with van der Waals surface area (Å²) < 4.78 is 43.0. The maximum Gasteiger partial charge on any atom is 0.416 e. The zero-order valence-corrected chi connectivity index (χ0v) is 13.5. The van der Waals surface area contributed by atoms with E-state index >= 15 is 0 Å². The lowest BCUT2D eigenvalue weighted by Crippen LogP contribution is -2.21. The summed E-state index contributed by atoms with van der Waals surface area (Å²) in [6, 6.07) is 6.23. The summed E-state index contributed by atoms with van der Waals surface area (Å²) in [6.45, 7) is 5.06. The lowest BCUT2D eigenvalue weighted by Gasteiger charge is -2.13. The second-order valence-electron chi connectivity index (χ2n) is 5.40. The smallest absolute Gasteiger partial charge is 0.416 e. The van der Waals surface area contributed by atoms with E-state index in [2.05, 4.69) is 10.3 Å². The minimum Gasteiger partial charge on any atom is -0.484 e. The summed E-state index contributed by atoms with van der Waals surface area (Å²) in [4.78, 5) is 16.2. The first-order valence-corrected chi connectivity index (χ1v) is 7.21. The normalized spacial score (nSPS) is 11.2. The molecule has 1 heterocycles. The van der Waals surface area contributed by atoms with Gasteiger partial charge in [-0.2, -0.15) is 13.2 Å². The monoisotopic (exact) mass is 338 g/mol. The van der Waals surface area contributed by atoms with E-state index in [1.807, 2.05) is 19.9 Å². The largest absolute Gasteiger partial charge is 0.484 e. The predicted octanol–water partition coefficient (Wildman–Crippen LogP) is 4.04. The van der Waals surface area contributed by atoms with E-state index in [0.717, 1.165) is 23.4 Å². The second-order valence-corrected chi connectivity index (χ2v) is 5.40. The number of benzene rings is 1. The molecule has 0 aliphatic carbocycles. The van der Waals surface area contributed by atoms with Crippen molar-refractivity contribution in [1.29, 1.82) is 0 Å². The summed E-state index contributed by atoms with van der Waals surface area (Å²) in [7, 11) is 0. The molecule has 0 aliphatic heterocycles. The number of carbonyl (C=O) groups is 1. The minimum atomic E-state index is -4.45. The van der Waals surface area contributed by atoms with E-state index in [-0.39, 0.29) is 5.75 Å². The number of hydrogen-bond donors (Lipinski definition) is 1. The number of pyridine rings is 1. The molecule has 0 saturated carbocycles. The van der Waals surface area contributed by atoms with Crippen LogP contribution in [0.5, 0.6) is 5.75 Å². The topological polar surface area (TPSA) is 51.2 Å². The highest BCUT2D eigenvalue weighted by atomic mass is 19.4. The molecule has 24 heavy (non-hydrogen) atoms. The molecule has 1 amide bonds. The number of amides is 1. The fraction of sp³-hybridized carbons (Fsp3) is 0.294. The predicted molar refractivity (Wildman–Crippen MR) is 84.0 cm³/mol. The van der Waals surface area contributed by atoms with Gasteiger partial charge in [-0.05, 0) is 50.6 Å². The van der Waals surface area contributed by atoms with Gasteiger partial charge >= 0.3 is 6.18 Å². The Morgan fingerprint density at radius 2 is 1.92 bits per heavy atom. The Balaban J connectivity index is 2.02. The van der Waals surface area contributed by atoms with Crippen LogP contribution in [-0.4, -0.2) is 17.5 Å². The first kappa shape index (κ1) is 17.8. The first-order valence-electron chi connectivity index (χ1n) is 7.21. The molecule has 0 radical (unpaired) electrons. The lowest BCUT2D eigenvalue weighted by atomic mass is 10.1. The van der Waals surface area contributed by atoms with Crippen LogP contribution in [0.2, 0.25) is 0 Å². The van der Waals surface area contributed by atoms with Crippen molar-refractivity contribution in [3.05, 3.63) is 52.8 Å². The maximum atomic E-state index is 12.6. The number of halogens is 3. The molecule has 0 atom stereocenters. The molecule has 2 rings (SSSR count). The molecule has 1 aromatic heterocycles. The molecule has 0 spiro atoms. The Morgan fingerprint density at radius 1 is 1.21 bits per heavy atom. The Bertz CT molecular complexity index is 735. The van der Waals surface area contributed by atoms with Crippen LogP contribution in [0.25, 0.3) is 0 Å². The molecule has 1 aromatic carbocycles. The number of ether oxygens (including phenoxy) is 1. The van der Waals surface area contributed by atoms with Crippen molar-refractivity contribution in [3.8, 4) is 5.75 Å². The third kappa shape index (κ3) is 4.47. The third-order valence-electron chi connectivity index (χ3n) is 3.32. The van der Waals surface area contributed by atoms with E-state index in [9.17, 15) is 18.0 Å². The van der Waals surface area contributed by atoms with E-state index in [1.54, 1.807) is 6.92 Å². The van der Waals surface area contributed by atoms with Crippen LogP contribution in [0, 0.1) is 20.8 Å². The molecular formula is C17H17F3N2O2. The highest BCUT2D eigenvalue weighted by Gasteiger charge is 2.30. The molecular weight excluding hydrogens is 321 g/mol. The zero-order valence-electron chi connectivity index (χ0n) is 13.5. The van der Waals surface area contributed by atoms with Gasteiger partial charge in [0.2, 0.25) is 0 Å². The third-order valence-corrected chi connectivity index (χ3v) is 3.32. The summed E-state index contributed by atoms with van der Waals surface area (Å²) in [5.41, 5.74) is 2.11. The fourth-order valence-corrected chi connectivity index (χ4v) is 2.30. The number of aryl methyl sites for hydroxylation is 3. The van der Waals surface area contributed by atoms with Crippen molar-refractivity contribution in [2.45, 2.75) is 26.9 Å². The number of rotatable bonds is 4.